The minimum Gasteiger partial charge on any atom is -0.338 e. The van der Waals surface area contributed by atoms with Gasteiger partial charge < -0.3 is 10.2 Å². The molecule has 1 saturated heterocycles. The Hall–Kier alpha value is -2.80. The topological polar surface area (TPSA) is 75.2 Å². The Morgan fingerprint density at radius 1 is 1.15 bits per heavy atom. The average Bonchev–Trinajstić information content (AvgIpc) is 3.20. The number of carbonyl (C=O) groups excluding carboxylic acids is 2. The van der Waals surface area contributed by atoms with Crippen LogP contribution in [0.1, 0.15) is 23.2 Å². The molecule has 1 aromatic heterocycles. The second-order valence-corrected chi connectivity index (χ2v) is 7.18. The largest absolute Gasteiger partial charge is 0.338 e. The number of rotatable bonds is 3. The highest BCUT2D eigenvalue weighted by Gasteiger charge is 2.29. The third-order valence-corrected chi connectivity index (χ3v) is 5.30. The van der Waals surface area contributed by atoms with Crippen molar-refractivity contribution in [1.29, 1.82) is 0 Å². The zero-order valence-electron chi connectivity index (χ0n) is 14.1. The number of hydrogen-bond donors (Lipinski definition) is 1. The molecular weight excluding hydrogens is 348 g/mol. The van der Waals surface area contributed by atoms with Crippen LogP contribution >= 0.6 is 11.3 Å². The van der Waals surface area contributed by atoms with Crippen LogP contribution in [0.25, 0.3) is 10.8 Å². The summed E-state index contributed by atoms with van der Waals surface area (Å²) in [5.74, 6) is -0.348. The molecule has 0 radical (unpaired) electrons. The van der Waals surface area contributed by atoms with E-state index >= 15 is 0 Å². The van der Waals surface area contributed by atoms with Gasteiger partial charge in [0, 0.05) is 18.7 Å². The van der Waals surface area contributed by atoms with Gasteiger partial charge in [-0.1, -0.05) is 47.7 Å². The summed E-state index contributed by atoms with van der Waals surface area (Å²) in [6, 6.07) is 13.6. The van der Waals surface area contributed by atoms with E-state index in [-0.39, 0.29) is 17.7 Å². The average molecular weight is 366 g/mol. The molecule has 1 aliphatic heterocycles. The number of carbonyl (C=O) groups is 2. The van der Waals surface area contributed by atoms with Gasteiger partial charge in [-0.05, 0) is 29.7 Å². The number of nitrogens with one attached hydrogen (secondary N) is 1. The molecule has 1 fully saturated rings. The van der Waals surface area contributed by atoms with Crippen LogP contribution in [0.15, 0.2) is 48.0 Å². The molecule has 1 N–H and O–H groups in total. The van der Waals surface area contributed by atoms with E-state index in [4.69, 9.17) is 0 Å². The number of benzene rings is 2. The maximum atomic E-state index is 13.1. The van der Waals surface area contributed by atoms with Crippen molar-refractivity contribution < 1.29 is 9.59 Å². The molecule has 3 aromatic rings. The molecule has 132 valence electrons. The Morgan fingerprint density at radius 2 is 2.00 bits per heavy atom. The lowest BCUT2D eigenvalue weighted by molar-refractivity contribution is -0.121. The van der Waals surface area contributed by atoms with Gasteiger partial charge in [0.25, 0.3) is 5.91 Å². The van der Waals surface area contributed by atoms with Crippen molar-refractivity contribution in [3.63, 3.8) is 0 Å². The smallest absolute Gasteiger partial charge is 0.254 e. The number of nitrogens with zero attached hydrogens (tertiary/aromatic N) is 3. The summed E-state index contributed by atoms with van der Waals surface area (Å²) in [6.07, 6.45) is 1.58. The third kappa shape index (κ3) is 3.30. The SMILES string of the molecule is O=C(Nc1nncs1)C1CCCN(C(=O)c2cccc3ccccc23)C1. The summed E-state index contributed by atoms with van der Waals surface area (Å²) in [4.78, 5) is 27.3. The Morgan fingerprint density at radius 3 is 2.85 bits per heavy atom. The predicted molar refractivity (Wildman–Crippen MR) is 101 cm³/mol. The molecule has 1 aliphatic rings. The van der Waals surface area contributed by atoms with Gasteiger partial charge in [0.05, 0.1) is 5.92 Å². The maximum Gasteiger partial charge on any atom is 0.254 e. The summed E-state index contributed by atoms with van der Waals surface area (Å²) in [7, 11) is 0. The summed E-state index contributed by atoms with van der Waals surface area (Å²) in [5, 5.41) is 12.8. The summed E-state index contributed by atoms with van der Waals surface area (Å²) >= 11 is 1.29. The molecule has 26 heavy (non-hydrogen) atoms. The lowest BCUT2D eigenvalue weighted by atomic mass is 9.95. The number of anilines is 1. The van der Waals surface area contributed by atoms with Crippen LogP contribution < -0.4 is 5.32 Å². The van der Waals surface area contributed by atoms with Crippen molar-refractivity contribution in [2.24, 2.45) is 5.92 Å². The Labute approximate surface area is 154 Å². The molecule has 1 unspecified atom stereocenters. The lowest BCUT2D eigenvalue weighted by Crippen LogP contribution is -2.43. The Balaban J connectivity index is 1.52. The fraction of sp³-hybridized carbons (Fsp3) is 0.263. The second kappa shape index (κ2) is 7.21. The van der Waals surface area contributed by atoms with E-state index in [0.29, 0.717) is 23.8 Å². The third-order valence-electron chi connectivity index (χ3n) is 4.69. The van der Waals surface area contributed by atoms with Gasteiger partial charge in [-0.15, -0.1) is 10.2 Å². The number of amides is 2. The van der Waals surface area contributed by atoms with E-state index in [0.717, 1.165) is 23.6 Å². The molecule has 2 amide bonds. The highest BCUT2D eigenvalue weighted by Crippen LogP contribution is 2.24. The molecule has 1 atom stereocenters. The summed E-state index contributed by atoms with van der Waals surface area (Å²) in [6.45, 7) is 1.09. The monoisotopic (exact) mass is 366 g/mol. The van der Waals surface area contributed by atoms with E-state index in [1.165, 1.54) is 11.3 Å². The van der Waals surface area contributed by atoms with Crippen LogP contribution in [0.4, 0.5) is 5.13 Å². The van der Waals surface area contributed by atoms with Gasteiger partial charge in [-0.25, -0.2) is 0 Å². The molecule has 4 rings (SSSR count). The van der Waals surface area contributed by atoms with Crippen molar-refractivity contribution in [3.05, 3.63) is 53.5 Å². The molecule has 0 spiro atoms. The van der Waals surface area contributed by atoms with Crippen LogP contribution in [0.5, 0.6) is 0 Å². The van der Waals surface area contributed by atoms with E-state index < -0.39 is 0 Å². The van der Waals surface area contributed by atoms with Gasteiger partial charge in [-0.2, -0.15) is 0 Å². The number of fused-ring (bicyclic) bond motifs is 1. The molecule has 2 aromatic carbocycles. The molecular formula is C19H18N4O2S. The fourth-order valence-corrected chi connectivity index (χ4v) is 3.84. The first-order valence-corrected chi connectivity index (χ1v) is 9.44. The lowest BCUT2D eigenvalue weighted by Gasteiger charge is -2.32. The summed E-state index contributed by atoms with van der Waals surface area (Å²) in [5.41, 5.74) is 2.26. The van der Waals surface area contributed by atoms with Crippen LogP contribution in [0, 0.1) is 5.92 Å². The zero-order chi connectivity index (χ0) is 17.9. The van der Waals surface area contributed by atoms with Crippen molar-refractivity contribution in [2.75, 3.05) is 18.4 Å². The predicted octanol–water partition coefficient (Wildman–Crippen LogP) is 3.18. The minimum absolute atomic E-state index is 0.0183. The van der Waals surface area contributed by atoms with Gasteiger partial charge >= 0.3 is 0 Å². The first-order chi connectivity index (χ1) is 12.7. The zero-order valence-corrected chi connectivity index (χ0v) is 14.9. The Kier molecular flexibility index (Phi) is 4.62. The van der Waals surface area contributed by atoms with Crippen molar-refractivity contribution in [1.82, 2.24) is 15.1 Å². The standard InChI is InChI=1S/C19H18N4O2S/c24-17(21-19-22-20-12-26-19)14-7-4-10-23(11-14)18(25)16-9-3-6-13-5-1-2-8-15(13)16/h1-3,5-6,8-9,12,14H,4,7,10-11H2,(H,21,22,24). The van der Waals surface area contributed by atoms with E-state index in [9.17, 15) is 9.59 Å². The molecule has 6 nitrogen and oxygen atoms in total. The van der Waals surface area contributed by atoms with Gasteiger partial charge in [0.1, 0.15) is 5.51 Å². The van der Waals surface area contributed by atoms with E-state index in [2.05, 4.69) is 15.5 Å². The van der Waals surface area contributed by atoms with E-state index in [1.54, 1.807) is 10.4 Å². The highest BCUT2D eigenvalue weighted by atomic mass is 32.1. The molecule has 0 aliphatic carbocycles. The Bertz CT molecular complexity index is 936. The van der Waals surface area contributed by atoms with Crippen molar-refractivity contribution in [2.45, 2.75) is 12.8 Å². The quantitative estimate of drug-likeness (QED) is 0.772. The molecule has 0 bridgehead atoms. The van der Waals surface area contributed by atoms with Gasteiger partial charge in [0.2, 0.25) is 11.0 Å². The number of likely N-dealkylation sites (tertiary alicyclic amines) is 1. The van der Waals surface area contributed by atoms with Gasteiger partial charge in [-0.3, -0.25) is 9.59 Å². The van der Waals surface area contributed by atoms with Crippen molar-refractivity contribution in [3.8, 4) is 0 Å². The van der Waals surface area contributed by atoms with Crippen LogP contribution in [-0.4, -0.2) is 40.0 Å². The molecule has 7 heteroatoms. The first kappa shape index (κ1) is 16.7. The van der Waals surface area contributed by atoms with E-state index in [1.807, 2.05) is 42.5 Å². The van der Waals surface area contributed by atoms with Crippen LogP contribution in [0.3, 0.4) is 0 Å². The summed E-state index contributed by atoms with van der Waals surface area (Å²) < 4.78 is 0. The first-order valence-electron chi connectivity index (χ1n) is 8.56. The van der Waals surface area contributed by atoms with Crippen LogP contribution in [-0.2, 0) is 4.79 Å². The molecule has 0 saturated carbocycles. The number of piperidine rings is 1. The fourth-order valence-electron chi connectivity index (χ4n) is 3.39. The van der Waals surface area contributed by atoms with Gasteiger partial charge in [0.15, 0.2) is 0 Å². The number of hydrogen-bond acceptors (Lipinski definition) is 5. The second-order valence-electron chi connectivity index (χ2n) is 6.35. The molecule has 2 heterocycles. The number of aromatic nitrogens is 2. The minimum atomic E-state index is -0.230. The maximum absolute atomic E-state index is 13.1. The highest BCUT2D eigenvalue weighted by molar-refractivity contribution is 7.13. The normalized spacial score (nSPS) is 17.2. The van der Waals surface area contributed by atoms with Crippen LogP contribution in [0.2, 0.25) is 0 Å². The van der Waals surface area contributed by atoms with Crippen molar-refractivity contribution >= 4 is 39.1 Å².